The van der Waals surface area contributed by atoms with Gasteiger partial charge in [-0.25, -0.2) is 0 Å². The smallest absolute Gasteiger partial charge is 0.246 e. The molecule has 2 bridgehead atoms. The van der Waals surface area contributed by atoms with Crippen molar-refractivity contribution in [3.63, 3.8) is 0 Å². The van der Waals surface area contributed by atoms with E-state index in [1.54, 1.807) is 23.1 Å². The molecule has 5 aliphatic rings. The van der Waals surface area contributed by atoms with Crippen molar-refractivity contribution in [2.45, 2.75) is 88.1 Å². The number of carbonyl (C=O) groups excluding carboxylic acids is 3. The molecule has 216 valence electrons. The van der Waals surface area contributed by atoms with Crippen LogP contribution >= 0.6 is 23.2 Å². The summed E-state index contributed by atoms with van der Waals surface area (Å²) in [6.45, 7) is 4.32. The summed E-state index contributed by atoms with van der Waals surface area (Å²) in [4.78, 5) is 46.0. The molecule has 6 atom stereocenters. The maximum absolute atomic E-state index is 14.2. The Morgan fingerprint density at radius 2 is 1.73 bits per heavy atom. The third kappa shape index (κ3) is 5.06. The minimum absolute atomic E-state index is 0.102. The molecule has 4 fully saturated rings. The Labute approximate surface area is 245 Å². The van der Waals surface area contributed by atoms with Gasteiger partial charge in [0.05, 0.1) is 17.9 Å². The zero-order valence-corrected chi connectivity index (χ0v) is 24.4. The highest BCUT2D eigenvalue weighted by Gasteiger charge is 2.72. The maximum atomic E-state index is 14.2. The number of halogens is 2. The van der Waals surface area contributed by atoms with E-state index in [4.69, 9.17) is 27.9 Å². The molecule has 1 aromatic rings. The third-order valence-corrected chi connectivity index (χ3v) is 10.0. The summed E-state index contributed by atoms with van der Waals surface area (Å²) < 4.78 is 6.48. The van der Waals surface area contributed by atoms with Crippen molar-refractivity contribution >= 4 is 46.6 Å². The molecule has 3 saturated heterocycles. The molecule has 3 amide bonds. The van der Waals surface area contributed by atoms with Crippen LogP contribution in [-0.2, 0) is 19.1 Å². The Bertz CT molecular complexity index is 1180. The lowest BCUT2D eigenvalue weighted by Gasteiger charge is -2.37. The summed E-state index contributed by atoms with van der Waals surface area (Å²) in [5.74, 6) is -2.25. The molecule has 8 nitrogen and oxygen atoms in total. The summed E-state index contributed by atoms with van der Waals surface area (Å²) in [5, 5.41) is 6.95. The molecule has 6 rings (SSSR count). The molecular formula is C30H38Cl2N4O4. The van der Waals surface area contributed by atoms with Gasteiger partial charge in [-0.2, -0.15) is 0 Å². The van der Waals surface area contributed by atoms with Crippen molar-refractivity contribution in [3.05, 3.63) is 40.4 Å². The molecular weight excluding hydrogens is 551 g/mol. The summed E-state index contributed by atoms with van der Waals surface area (Å²) >= 11 is 12.3. The third-order valence-electron chi connectivity index (χ3n) is 9.58. The van der Waals surface area contributed by atoms with Gasteiger partial charge in [0.25, 0.3) is 0 Å². The van der Waals surface area contributed by atoms with Gasteiger partial charge >= 0.3 is 0 Å². The van der Waals surface area contributed by atoms with E-state index in [1.807, 2.05) is 12.2 Å². The fourth-order valence-electron chi connectivity index (χ4n) is 7.61. The van der Waals surface area contributed by atoms with Crippen LogP contribution in [0.4, 0.5) is 5.69 Å². The first-order valence-electron chi connectivity index (χ1n) is 14.8. The number of nitrogens with zero attached hydrogens (tertiary/aromatic N) is 2. The predicted octanol–water partition coefficient (Wildman–Crippen LogP) is 4.41. The first-order valence-corrected chi connectivity index (χ1v) is 15.5. The van der Waals surface area contributed by atoms with E-state index in [0.717, 1.165) is 45.1 Å². The van der Waals surface area contributed by atoms with E-state index < -0.39 is 29.6 Å². The monoisotopic (exact) mass is 588 g/mol. The lowest BCUT2D eigenvalue weighted by Crippen LogP contribution is -2.57. The number of fused-ring (bicyclic) bond motifs is 1. The van der Waals surface area contributed by atoms with Gasteiger partial charge in [0.15, 0.2) is 0 Å². The largest absolute Gasteiger partial charge is 0.359 e. The molecule has 40 heavy (non-hydrogen) atoms. The van der Waals surface area contributed by atoms with Crippen molar-refractivity contribution in [1.29, 1.82) is 0 Å². The number of piperidine rings is 1. The van der Waals surface area contributed by atoms with Crippen molar-refractivity contribution in [3.8, 4) is 0 Å². The Morgan fingerprint density at radius 1 is 1.00 bits per heavy atom. The summed E-state index contributed by atoms with van der Waals surface area (Å²) in [6, 6.07) is 4.56. The molecule has 1 aliphatic carbocycles. The minimum Gasteiger partial charge on any atom is -0.359 e. The zero-order valence-electron chi connectivity index (χ0n) is 22.9. The molecule has 4 aliphatic heterocycles. The van der Waals surface area contributed by atoms with Crippen molar-refractivity contribution in [1.82, 2.24) is 15.1 Å². The molecule has 1 spiro atoms. The second-order valence-electron chi connectivity index (χ2n) is 12.1. The van der Waals surface area contributed by atoms with E-state index in [-0.39, 0.29) is 23.8 Å². The van der Waals surface area contributed by atoms with Gasteiger partial charge in [-0.05, 0) is 57.4 Å². The van der Waals surface area contributed by atoms with Crippen LogP contribution in [0.25, 0.3) is 0 Å². The first-order chi connectivity index (χ1) is 19.3. The van der Waals surface area contributed by atoms with Crippen LogP contribution in [-0.4, -0.2) is 77.0 Å². The van der Waals surface area contributed by atoms with E-state index >= 15 is 0 Å². The van der Waals surface area contributed by atoms with E-state index in [1.165, 1.54) is 12.8 Å². The average molecular weight is 590 g/mol. The molecule has 4 heterocycles. The number of likely N-dealkylation sites (tertiary alicyclic amines) is 2. The van der Waals surface area contributed by atoms with Crippen LogP contribution in [0.1, 0.15) is 58.3 Å². The Kier molecular flexibility index (Phi) is 7.89. The normalized spacial score (nSPS) is 33.8. The molecule has 10 heteroatoms. The Morgan fingerprint density at radius 3 is 2.45 bits per heavy atom. The number of anilines is 1. The second kappa shape index (κ2) is 11.3. The van der Waals surface area contributed by atoms with Crippen LogP contribution in [0.5, 0.6) is 0 Å². The van der Waals surface area contributed by atoms with Crippen molar-refractivity contribution in [2.24, 2.45) is 11.8 Å². The van der Waals surface area contributed by atoms with Crippen LogP contribution in [0.15, 0.2) is 30.4 Å². The first kappa shape index (κ1) is 28.0. The Balaban J connectivity index is 1.27. The van der Waals surface area contributed by atoms with Gasteiger partial charge in [0.2, 0.25) is 17.7 Å². The fraction of sp³-hybridized carbons (Fsp3) is 0.633. The van der Waals surface area contributed by atoms with Crippen LogP contribution in [0.2, 0.25) is 10.0 Å². The van der Waals surface area contributed by atoms with E-state index in [0.29, 0.717) is 34.9 Å². The molecule has 1 aromatic carbocycles. The van der Waals surface area contributed by atoms with Crippen LogP contribution in [0.3, 0.4) is 0 Å². The second-order valence-corrected chi connectivity index (χ2v) is 13.0. The van der Waals surface area contributed by atoms with Crippen LogP contribution in [0, 0.1) is 11.8 Å². The highest BCUT2D eigenvalue weighted by molar-refractivity contribution is 6.35. The minimum atomic E-state index is -1.16. The van der Waals surface area contributed by atoms with Gasteiger partial charge in [-0.3, -0.25) is 19.3 Å². The predicted molar refractivity (Wildman–Crippen MR) is 154 cm³/mol. The van der Waals surface area contributed by atoms with Gasteiger partial charge in [-0.15, -0.1) is 0 Å². The summed E-state index contributed by atoms with van der Waals surface area (Å²) in [6.07, 6.45) is 11.9. The molecule has 0 aromatic heterocycles. The number of amides is 3. The topological polar surface area (TPSA) is 91.0 Å². The number of ether oxygens (including phenoxy) is 1. The molecule has 0 radical (unpaired) electrons. The SMILES string of the molecule is CC1CCCCN1CCN1C(=O)C2C(C(=O)Nc3cc(Cl)cc(Cl)c3)C3C=CC2(O3)C1C(=O)NC1CCCCC1. The quantitative estimate of drug-likeness (QED) is 0.460. The summed E-state index contributed by atoms with van der Waals surface area (Å²) in [7, 11) is 0. The van der Waals surface area contributed by atoms with Crippen molar-refractivity contribution < 1.29 is 19.1 Å². The summed E-state index contributed by atoms with van der Waals surface area (Å²) in [5.41, 5.74) is -0.710. The van der Waals surface area contributed by atoms with Gasteiger partial charge in [0.1, 0.15) is 11.6 Å². The average Bonchev–Trinajstić information content (AvgIpc) is 3.55. The lowest BCUT2D eigenvalue weighted by atomic mass is 9.74. The molecule has 6 unspecified atom stereocenters. The number of rotatable bonds is 7. The van der Waals surface area contributed by atoms with Gasteiger partial charge in [-0.1, -0.05) is 61.0 Å². The fourth-order valence-corrected chi connectivity index (χ4v) is 8.14. The van der Waals surface area contributed by atoms with E-state index in [2.05, 4.69) is 22.5 Å². The number of hydrogen-bond donors (Lipinski definition) is 2. The number of carbonyl (C=O) groups is 3. The number of hydrogen-bond acceptors (Lipinski definition) is 5. The van der Waals surface area contributed by atoms with Gasteiger partial charge < -0.3 is 20.3 Å². The standard InChI is InChI=1S/C30H38Cl2N4O4/c1-18-7-5-6-12-35(18)13-14-36-26(28(38)33-21-8-3-2-4-9-21)30-11-10-23(40-30)24(25(30)29(36)39)27(37)34-22-16-19(31)15-20(32)17-22/h10-11,15-18,21,23-26H,2-9,12-14H2,1H3,(H,33,38)(H,34,37). The molecule has 2 N–H and O–H groups in total. The maximum Gasteiger partial charge on any atom is 0.246 e. The number of benzene rings is 1. The lowest BCUT2D eigenvalue weighted by molar-refractivity contribution is -0.141. The van der Waals surface area contributed by atoms with Gasteiger partial charge in [0, 0.05) is 40.9 Å². The van der Waals surface area contributed by atoms with Crippen molar-refractivity contribution in [2.75, 3.05) is 25.0 Å². The molecule has 1 saturated carbocycles. The van der Waals surface area contributed by atoms with E-state index in [9.17, 15) is 14.4 Å². The highest BCUT2D eigenvalue weighted by Crippen LogP contribution is 2.55. The van der Waals surface area contributed by atoms with Crippen LogP contribution < -0.4 is 10.6 Å². The Hall–Kier alpha value is -2.13. The zero-order chi connectivity index (χ0) is 28.0. The number of nitrogens with one attached hydrogen (secondary N) is 2. The highest BCUT2D eigenvalue weighted by atomic mass is 35.5.